The number of hydrogen-bond donors (Lipinski definition) is 2. The number of Topliss-reactive ketones (excluding diaryl/α,β-unsaturated/α-hetero) is 1. The lowest BCUT2D eigenvalue weighted by Gasteiger charge is -2.54. The molecule has 5 atom stereocenters. The Morgan fingerprint density at radius 3 is 2.72 bits per heavy atom. The molecular weight excluding hydrogens is 316 g/mol. The Morgan fingerprint density at radius 2 is 2.00 bits per heavy atom. The first-order valence-electron chi connectivity index (χ1n) is 9.57. The Bertz CT molecular complexity index is 705. The van der Waals surface area contributed by atoms with Crippen LogP contribution in [-0.2, 0) is 9.59 Å². The first kappa shape index (κ1) is 17.2. The normalized spacial score (nSPS) is 45.8. The quantitative estimate of drug-likeness (QED) is 0.756. The van der Waals surface area contributed by atoms with Gasteiger partial charge in [0, 0.05) is 17.3 Å². The Kier molecular flexibility index (Phi) is 3.69. The molecule has 0 amide bonds. The lowest BCUT2D eigenvalue weighted by Crippen LogP contribution is -2.55. The maximum absolute atomic E-state index is 12.3. The SMILES string of the molecule is C[C@]12CCC(=O)C=C1CCC1C2=CC[C@@]2(C)C1CC[C@]2(O)C(=O)CO. The molecule has 0 heterocycles. The monoisotopic (exact) mass is 344 g/mol. The largest absolute Gasteiger partial charge is 0.388 e. The highest BCUT2D eigenvalue weighted by Gasteiger charge is 2.64. The van der Waals surface area contributed by atoms with E-state index in [2.05, 4.69) is 13.0 Å². The second-order valence-electron chi connectivity index (χ2n) is 8.98. The van der Waals surface area contributed by atoms with Crippen molar-refractivity contribution in [2.75, 3.05) is 6.61 Å². The van der Waals surface area contributed by atoms with Crippen molar-refractivity contribution in [3.8, 4) is 0 Å². The second kappa shape index (κ2) is 5.37. The number of aliphatic hydroxyl groups excluding tert-OH is 1. The van der Waals surface area contributed by atoms with Gasteiger partial charge >= 0.3 is 0 Å². The van der Waals surface area contributed by atoms with E-state index in [-0.39, 0.29) is 17.1 Å². The molecule has 136 valence electrons. The molecule has 0 aromatic carbocycles. The standard InChI is InChI=1S/C21H28O4/c1-19-8-5-14(23)11-13(19)3-4-15-16(19)6-9-20(2)17(15)7-10-21(20,25)18(24)12-22/h6,11,15,17,22,25H,3-5,7-10,12H2,1-2H3/t15?,17?,19-,20-,21-/m0/s1. The van der Waals surface area contributed by atoms with Crippen molar-refractivity contribution in [2.24, 2.45) is 22.7 Å². The summed E-state index contributed by atoms with van der Waals surface area (Å²) in [5.74, 6) is 0.454. The zero-order valence-corrected chi connectivity index (χ0v) is 15.2. The summed E-state index contributed by atoms with van der Waals surface area (Å²) in [6.07, 6.45) is 9.48. The molecule has 2 unspecified atom stereocenters. The summed E-state index contributed by atoms with van der Waals surface area (Å²) in [6, 6.07) is 0. The summed E-state index contributed by atoms with van der Waals surface area (Å²) in [6.45, 7) is 3.71. The van der Waals surface area contributed by atoms with Gasteiger partial charge in [-0.3, -0.25) is 9.59 Å². The Labute approximate surface area is 149 Å². The summed E-state index contributed by atoms with van der Waals surface area (Å²) in [5.41, 5.74) is 0.770. The minimum Gasteiger partial charge on any atom is -0.388 e. The molecule has 0 aliphatic heterocycles. The van der Waals surface area contributed by atoms with E-state index in [9.17, 15) is 19.8 Å². The summed E-state index contributed by atoms with van der Waals surface area (Å²) in [5, 5.41) is 20.5. The number of aliphatic hydroxyl groups is 2. The summed E-state index contributed by atoms with van der Waals surface area (Å²) < 4.78 is 0. The van der Waals surface area contributed by atoms with Crippen molar-refractivity contribution in [2.45, 2.75) is 64.4 Å². The highest BCUT2D eigenvalue weighted by Crippen LogP contribution is 2.65. The molecule has 0 radical (unpaired) electrons. The van der Waals surface area contributed by atoms with E-state index in [1.54, 1.807) is 0 Å². The highest BCUT2D eigenvalue weighted by atomic mass is 16.3. The number of allylic oxidation sites excluding steroid dienone is 4. The highest BCUT2D eigenvalue weighted by molar-refractivity contribution is 5.92. The van der Waals surface area contributed by atoms with Crippen molar-refractivity contribution >= 4 is 11.6 Å². The van der Waals surface area contributed by atoms with E-state index < -0.39 is 23.4 Å². The molecular formula is C21H28O4. The smallest absolute Gasteiger partial charge is 0.190 e. The zero-order valence-electron chi connectivity index (χ0n) is 15.2. The van der Waals surface area contributed by atoms with Crippen LogP contribution in [-0.4, -0.2) is 34.0 Å². The van der Waals surface area contributed by atoms with E-state index in [1.807, 2.05) is 13.0 Å². The molecule has 4 nitrogen and oxygen atoms in total. The maximum Gasteiger partial charge on any atom is 0.190 e. The number of carbonyl (C=O) groups is 2. The molecule has 2 fully saturated rings. The van der Waals surface area contributed by atoms with Crippen LogP contribution in [0.25, 0.3) is 0 Å². The molecule has 4 aliphatic rings. The molecule has 0 aromatic rings. The minimum absolute atomic E-state index is 0.0279. The molecule has 4 heteroatoms. The van der Waals surface area contributed by atoms with Crippen molar-refractivity contribution in [1.29, 1.82) is 0 Å². The first-order valence-corrected chi connectivity index (χ1v) is 9.57. The number of hydrogen-bond acceptors (Lipinski definition) is 4. The van der Waals surface area contributed by atoms with Gasteiger partial charge in [0.15, 0.2) is 11.6 Å². The van der Waals surface area contributed by atoms with Gasteiger partial charge in [-0.05, 0) is 56.4 Å². The number of rotatable bonds is 2. The van der Waals surface area contributed by atoms with E-state index in [0.29, 0.717) is 25.2 Å². The fraction of sp³-hybridized carbons (Fsp3) is 0.714. The molecule has 2 N–H and O–H groups in total. The predicted octanol–water partition coefficient (Wildman–Crippen LogP) is 2.73. The van der Waals surface area contributed by atoms with Crippen molar-refractivity contribution in [3.63, 3.8) is 0 Å². The van der Waals surface area contributed by atoms with Crippen molar-refractivity contribution in [1.82, 2.24) is 0 Å². The molecule has 0 spiro atoms. The molecule has 4 aliphatic carbocycles. The van der Waals surface area contributed by atoms with Crippen LogP contribution in [0.2, 0.25) is 0 Å². The summed E-state index contributed by atoms with van der Waals surface area (Å²) >= 11 is 0. The van der Waals surface area contributed by atoms with Gasteiger partial charge in [-0.15, -0.1) is 0 Å². The van der Waals surface area contributed by atoms with E-state index in [1.165, 1.54) is 11.1 Å². The summed E-state index contributed by atoms with van der Waals surface area (Å²) in [7, 11) is 0. The van der Waals surface area contributed by atoms with Gasteiger partial charge in [-0.25, -0.2) is 0 Å². The van der Waals surface area contributed by atoms with Crippen LogP contribution in [0.4, 0.5) is 0 Å². The molecule has 25 heavy (non-hydrogen) atoms. The first-order chi connectivity index (χ1) is 11.8. The van der Waals surface area contributed by atoms with Crippen LogP contribution < -0.4 is 0 Å². The minimum atomic E-state index is -1.41. The number of carbonyl (C=O) groups excluding carboxylic acids is 2. The Hall–Kier alpha value is -1.26. The molecule has 4 rings (SSSR count). The van der Waals surface area contributed by atoms with Crippen LogP contribution in [0.1, 0.15) is 58.8 Å². The maximum atomic E-state index is 12.3. The van der Waals surface area contributed by atoms with E-state index >= 15 is 0 Å². The third-order valence-electron chi connectivity index (χ3n) is 8.09. The molecule has 0 saturated heterocycles. The lowest BCUT2D eigenvalue weighted by molar-refractivity contribution is -0.155. The fourth-order valence-corrected chi connectivity index (χ4v) is 6.46. The van der Waals surface area contributed by atoms with Gasteiger partial charge in [-0.1, -0.05) is 31.1 Å². The van der Waals surface area contributed by atoms with Crippen LogP contribution in [0.15, 0.2) is 23.3 Å². The number of ketones is 2. The zero-order chi connectivity index (χ0) is 18.0. The molecule has 0 aromatic heterocycles. The van der Waals surface area contributed by atoms with Crippen LogP contribution in [0.5, 0.6) is 0 Å². The van der Waals surface area contributed by atoms with Gasteiger partial charge < -0.3 is 10.2 Å². The van der Waals surface area contributed by atoms with Gasteiger partial charge in [0.05, 0.1) is 0 Å². The van der Waals surface area contributed by atoms with Gasteiger partial charge in [0.2, 0.25) is 0 Å². The average Bonchev–Trinajstić information content (AvgIpc) is 2.87. The van der Waals surface area contributed by atoms with Gasteiger partial charge in [-0.2, -0.15) is 0 Å². The van der Waals surface area contributed by atoms with Crippen LogP contribution in [0.3, 0.4) is 0 Å². The molecule has 0 bridgehead atoms. The second-order valence-corrected chi connectivity index (χ2v) is 8.98. The van der Waals surface area contributed by atoms with Gasteiger partial charge in [0.25, 0.3) is 0 Å². The van der Waals surface area contributed by atoms with E-state index in [4.69, 9.17) is 0 Å². The molecule has 2 saturated carbocycles. The summed E-state index contributed by atoms with van der Waals surface area (Å²) in [4.78, 5) is 24.2. The lowest BCUT2D eigenvalue weighted by atomic mass is 9.50. The van der Waals surface area contributed by atoms with E-state index in [0.717, 1.165) is 25.7 Å². The van der Waals surface area contributed by atoms with Crippen molar-refractivity contribution < 1.29 is 19.8 Å². The Morgan fingerprint density at radius 1 is 1.24 bits per heavy atom. The fourth-order valence-electron chi connectivity index (χ4n) is 6.46. The Balaban J connectivity index is 1.75. The topological polar surface area (TPSA) is 74.6 Å². The van der Waals surface area contributed by atoms with Crippen molar-refractivity contribution in [3.05, 3.63) is 23.3 Å². The van der Waals surface area contributed by atoms with Crippen LogP contribution in [0, 0.1) is 22.7 Å². The van der Waals surface area contributed by atoms with Crippen LogP contribution >= 0.6 is 0 Å². The average molecular weight is 344 g/mol. The number of fused-ring (bicyclic) bond motifs is 5. The third kappa shape index (κ3) is 2.07. The van der Waals surface area contributed by atoms with Gasteiger partial charge in [0.1, 0.15) is 12.2 Å². The third-order valence-corrected chi connectivity index (χ3v) is 8.09. The predicted molar refractivity (Wildman–Crippen MR) is 93.7 cm³/mol.